The first-order valence-corrected chi connectivity index (χ1v) is 8.94. The number of hydrogen-bond donors (Lipinski definition) is 0. The zero-order valence-corrected chi connectivity index (χ0v) is 16.3. The van der Waals surface area contributed by atoms with Crippen molar-refractivity contribution >= 4 is 35.4 Å². The molecule has 1 fully saturated rings. The summed E-state index contributed by atoms with van der Waals surface area (Å²) in [7, 11) is 2.91. The predicted octanol–water partition coefficient (Wildman–Crippen LogP) is -0.0598. The van der Waals surface area contributed by atoms with E-state index in [1.54, 1.807) is 11.6 Å². The molecule has 27 heavy (non-hydrogen) atoms. The van der Waals surface area contributed by atoms with Gasteiger partial charge in [0.05, 0.1) is 12.8 Å². The number of nitrogens with zero attached hydrogens (tertiary/aromatic N) is 6. The number of ether oxygens (including phenoxy) is 1. The molecule has 1 unspecified atom stereocenters. The van der Waals surface area contributed by atoms with Gasteiger partial charge >= 0.3 is 18.0 Å². The van der Waals surface area contributed by atoms with E-state index in [0.29, 0.717) is 30.8 Å². The van der Waals surface area contributed by atoms with Gasteiger partial charge in [0.15, 0.2) is 6.54 Å². The van der Waals surface area contributed by atoms with E-state index in [9.17, 15) is 14.4 Å². The lowest BCUT2D eigenvalue weighted by Gasteiger charge is -2.34. The van der Waals surface area contributed by atoms with Gasteiger partial charge in [0.25, 0.3) is 5.91 Å². The van der Waals surface area contributed by atoms with Gasteiger partial charge in [-0.2, -0.15) is 0 Å². The summed E-state index contributed by atoms with van der Waals surface area (Å²) in [6, 6.07) is -1.08. The highest BCUT2D eigenvalue weighted by molar-refractivity contribution is 6.23. The number of likely N-dealkylation sites (N-methyl/N-ethyl adjacent to an activating group) is 1. The van der Waals surface area contributed by atoms with E-state index in [4.69, 9.17) is 4.74 Å². The van der Waals surface area contributed by atoms with Crippen LogP contribution in [0.1, 0.15) is 27.2 Å². The fourth-order valence-corrected chi connectivity index (χ4v) is 3.29. The van der Waals surface area contributed by atoms with Crippen LogP contribution in [-0.2, 0) is 14.3 Å². The van der Waals surface area contributed by atoms with Gasteiger partial charge in [-0.05, 0) is 19.3 Å². The largest absolute Gasteiger partial charge is 0.467 e. The standard InChI is InChI=1S/C17H25N6O4/c1-10(2)6-7-21-15(25)13-14(20(4)17(21)26)18-16-22(13)8-11(3)19-23(16)9-12(24)27-5/h10,13H,6-9H2,1-5H3/q+1. The molecule has 0 bridgehead atoms. The monoisotopic (exact) mass is 377 g/mol. The minimum absolute atomic E-state index is 0.119. The van der Waals surface area contributed by atoms with Gasteiger partial charge in [0.2, 0.25) is 11.9 Å². The van der Waals surface area contributed by atoms with E-state index in [1.165, 1.54) is 21.9 Å². The number of rotatable bonds is 5. The van der Waals surface area contributed by atoms with Crippen molar-refractivity contribution in [1.29, 1.82) is 0 Å². The molecule has 3 aliphatic rings. The first-order valence-electron chi connectivity index (χ1n) is 8.94. The molecule has 1 atom stereocenters. The highest BCUT2D eigenvalue weighted by Gasteiger charge is 2.54. The molecule has 3 heterocycles. The van der Waals surface area contributed by atoms with Crippen molar-refractivity contribution in [2.45, 2.75) is 33.2 Å². The zero-order valence-electron chi connectivity index (χ0n) is 16.3. The molecule has 3 amide bonds. The Hall–Kier alpha value is -2.78. The van der Waals surface area contributed by atoms with Crippen molar-refractivity contribution in [3.63, 3.8) is 0 Å². The first kappa shape index (κ1) is 19.0. The van der Waals surface area contributed by atoms with Crippen LogP contribution in [0.25, 0.3) is 0 Å². The van der Waals surface area contributed by atoms with Crippen LogP contribution >= 0.6 is 0 Å². The fourth-order valence-electron chi connectivity index (χ4n) is 3.29. The lowest BCUT2D eigenvalue weighted by atomic mass is 10.1. The third-order valence-electron chi connectivity index (χ3n) is 4.75. The van der Waals surface area contributed by atoms with Crippen molar-refractivity contribution in [2.24, 2.45) is 16.0 Å². The second-order valence-corrected chi connectivity index (χ2v) is 7.28. The molecule has 0 aromatic carbocycles. The Kier molecular flexibility index (Phi) is 4.99. The molecule has 0 saturated carbocycles. The normalized spacial score (nSPS) is 22.1. The predicted molar refractivity (Wildman–Crippen MR) is 97.5 cm³/mol. The van der Waals surface area contributed by atoms with Crippen molar-refractivity contribution in [3.05, 3.63) is 0 Å². The first-order chi connectivity index (χ1) is 12.7. The highest BCUT2D eigenvalue weighted by Crippen LogP contribution is 2.23. The quantitative estimate of drug-likeness (QED) is 0.494. The molecule has 10 heteroatoms. The Morgan fingerprint density at radius 2 is 2.07 bits per heavy atom. The van der Waals surface area contributed by atoms with Gasteiger partial charge in [-0.15, -0.1) is 10.1 Å². The molecule has 10 nitrogen and oxygen atoms in total. The van der Waals surface area contributed by atoms with Gasteiger partial charge in [0.1, 0.15) is 6.54 Å². The third-order valence-corrected chi connectivity index (χ3v) is 4.75. The number of fused-ring (bicyclic) bond motifs is 2. The molecule has 0 N–H and O–H groups in total. The summed E-state index contributed by atoms with van der Waals surface area (Å²) in [5.74, 6) is 0.354. The van der Waals surface area contributed by atoms with Gasteiger partial charge in [-0.1, -0.05) is 18.8 Å². The number of carbonyl (C=O) groups is 3. The third kappa shape index (κ3) is 3.31. The van der Waals surface area contributed by atoms with Crippen LogP contribution in [0.2, 0.25) is 0 Å². The van der Waals surface area contributed by atoms with Gasteiger partial charge in [0, 0.05) is 13.6 Å². The average molecular weight is 377 g/mol. The molecule has 1 saturated heterocycles. The number of guanidine groups is 1. The molecule has 0 aliphatic carbocycles. The van der Waals surface area contributed by atoms with Gasteiger partial charge in [-0.3, -0.25) is 14.6 Å². The second kappa shape index (κ2) is 7.09. The Labute approximate surface area is 157 Å². The van der Waals surface area contributed by atoms with Crippen molar-refractivity contribution in [3.8, 4) is 0 Å². The van der Waals surface area contributed by atoms with Crippen molar-refractivity contribution in [1.82, 2.24) is 14.8 Å². The van der Waals surface area contributed by atoms with Gasteiger partial charge < -0.3 is 4.74 Å². The summed E-state index contributed by atoms with van der Waals surface area (Å²) in [4.78, 5) is 44.7. The van der Waals surface area contributed by atoms with Crippen molar-refractivity contribution < 1.29 is 23.7 Å². The maximum absolute atomic E-state index is 13.1. The number of aliphatic imine (C=N–C) groups is 1. The Bertz CT molecular complexity index is 784. The number of carbonyl (C=O) groups excluding carboxylic acids is 3. The molecular formula is C17H25N6O4+. The van der Waals surface area contributed by atoms with Crippen LogP contribution < -0.4 is 0 Å². The number of esters is 1. The molecule has 3 rings (SSSR count). The SMILES string of the molecule is COC(=O)CN1N=C(C)C[N+]2=C1N=C1C2C(=O)N(CCC(C)C)C(=O)N1C. The van der Waals surface area contributed by atoms with E-state index in [2.05, 4.69) is 10.1 Å². The highest BCUT2D eigenvalue weighted by atomic mass is 16.5. The molecule has 146 valence electrons. The van der Waals surface area contributed by atoms with E-state index in [1.807, 2.05) is 20.8 Å². The summed E-state index contributed by atoms with van der Waals surface area (Å²) in [5.41, 5.74) is 0.736. The fraction of sp³-hybridized carbons (Fsp3) is 0.647. The van der Waals surface area contributed by atoms with Crippen LogP contribution in [0.5, 0.6) is 0 Å². The number of hydrazone groups is 1. The lowest BCUT2D eigenvalue weighted by molar-refractivity contribution is -0.527. The smallest absolute Gasteiger partial charge is 0.417 e. The number of imide groups is 1. The Morgan fingerprint density at radius 3 is 2.70 bits per heavy atom. The molecule has 0 aromatic rings. The average Bonchev–Trinajstić information content (AvgIpc) is 2.99. The number of urea groups is 1. The number of amidine groups is 1. The molecular weight excluding hydrogens is 352 g/mol. The summed E-state index contributed by atoms with van der Waals surface area (Å²) < 4.78 is 6.50. The second-order valence-electron chi connectivity index (χ2n) is 7.28. The van der Waals surface area contributed by atoms with Crippen LogP contribution in [0.3, 0.4) is 0 Å². The summed E-state index contributed by atoms with van der Waals surface area (Å²) in [6.45, 7) is 6.56. The molecule has 0 radical (unpaired) electrons. The van der Waals surface area contributed by atoms with Crippen LogP contribution in [-0.4, -0.2) is 94.6 Å². The van der Waals surface area contributed by atoms with Crippen molar-refractivity contribution in [2.75, 3.05) is 33.8 Å². The topological polar surface area (TPSA) is 97.9 Å². The molecule has 0 aromatic heterocycles. The summed E-state index contributed by atoms with van der Waals surface area (Å²) >= 11 is 0. The lowest BCUT2D eigenvalue weighted by Crippen LogP contribution is -2.63. The van der Waals surface area contributed by atoms with E-state index < -0.39 is 12.0 Å². The Balaban J connectivity index is 1.94. The minimum atomic E-state index is -0.694. The number of hydrogen-bond acceptors (Lipinski definition) is 7. The number of amides is 3. The summed E-state index contributed by atoms with van der Waals surface area (Å²) in [6.07, 6.45) is 0.732. The van der Waals surface area contributed by atoms with Crippen LogP contribution in [0.15, 0.2) is 10.1 Å². The van der Waals surface area contributed by atoms with E-state index >= 15 is 0 Å². The maximum Gasteiger partial charge on any atom is 0.417 e. The van der Waals surface area contributed by atoms with Crippen LogP contribution in [0.4, 0.5) is 4.79 Å². The van der Waals surface area contributed by atoms with Gasteiger partial charge in [-0.25, -0.2) is 14.2 Å². The zero-order chi connectivity index (χ0) is 19.9. The maximum atomic E-state index is 13.1. The summed E-state index contributed by atoms with van der Waals surface area (Å²) in [5, 5.41) is 5.77. The Morgan fingerprint density at radius 1 is 1.37 bits per heavy atom. The van der Waals surface area contributed by atoms with Crippen LogP contribution in [0, 0.1) is 5.92 Å². The minimum Gasteiger partial charge on any atom is -0.467 e. The molecule has 0 spiro atoms. The van der Waals surface area contributed by atoms with E-state index in [-0.39, 0.29) is 18.5 Å². The van der Waals surface area contributed by atoms with E-state index in [0.717, 1.165) is 12.1 Å². The number of methoxy groups -OCH3 is 1. The molecule has 3 aliphatic heterocycles.